The van der Waals surface area contributed by atoms with Crippen LogP contribution in [0.4, 0.5) is 4.39 Å². The van der Waals surface area contributed by atoms with Crippen molar-refractivity contribution >= 4 is 23.2 Å². The van der Waals surface area contributed by atoms with E-state index in [4.69, 9.17) is 12.2 Å². The molecular weight excluding hydrogens is 353 g/mol. The zero-order chi connectivity index (χ0) is 18.6. The van der Waals surface area contributed by atoms with Crippen LogP contribution in [0.5, 0.6) is 0 Å². The first-order valence-electron chi connectivity index (χ1n) is 8.32. The second-order valence-electron chi connectivity index (χ2n) is 6.24. The van der Waals surface area contributed by atoms with E-state index in [-0.39, 0.29) is 29.4 Å². The van der Waals surface area contributed by atoms with Crippen LogP contribution in [0.3, 0.4) is 0 Å². The average Bonchev–Trinajstić information content (AvgIpc) is 3.05. The van der Waals surface area contributed by atoms with Crippen molar-refractivity contribution in [2.75, 3.05) is 19.7 Å². The number of aliphatic hydroxyl groups is 1. The van der Waals surface area contributed by atoms with Gasteiger partial charge >= 0.3 is 0 Å². The number of hydrogen-bond donors (Lipinski definition) is 4. The van der Waals surface area contributed by atoms with Gasteiger partial charge in [-0.05, 0) is 30.4 Å². The zero-order valence-electron chi connectivity index (χ0n) is 14.0. The Labute approximate surface area is 156 Å². The lowest BCUT2D eigenvalue weighted by atomic mass is 9.80. The quantitative estimate of drug-likeness (QED) is 0.612. The molecule has 1 amide bonds. The maximum atomic E-state index is 14.5. The Morgan fingerprint density at radius 1 is 1.23 bits per heavy atom. The van der Waals surface area contributed by atoms with E-state index in [1.807, 2.05) is 6.07 Å². The number of hydrogen-bond acceptors (Lipinski definition) is 4. The molecule has 1 aliphatic rings. The summed E-state index contributed by atoms with van der Waals surface area (Å²) in [5.74, 6) is -1.04. The van der Waals surface area contributed by atoms with Crippen molar-refractivity contribution in [2.24, 2.45) is 5.92 Å². The maximum Gasteiger partial charge on any atom is 0.257 e. The van der Waals surface area contributed by atoms with Gasteiger partial charge in [-0.1, -0.05) is 36.4 Å². The van der Waals surface area contributed by atoms with Gasteiger partial charge in [-0.15, -0.1) is 0 Å². The number of benzene rings is 2. The van der Waals surface area contributed by atoms with E-state index in [1.165, 1.54) is 6.07 Å². The number of rotatable bonds is 4. The summed E-state index contributed by atoms with van der Waals surface area (Å²) in [5, 5.41) is 18.8. The van der Waals surface area contributed by atoms with Gasteiger partial charge in [-0.3, -0.25) is 10.1 Å². The third-order valence-corrected chi connectivity index (χ3v) is 4.87. The van der Waals surface area contributed by atoms with Gasteiger partial charge in [0.15, 0.2) is 5.11 Å². The molecule has 0 aliphatic carbocycles. The van der Waals surface area contributed by atoms with Crippen LogP contribution in [0.1, 0.15) is 15.9 Å². The van der Waals surface area contributed by atoms with E-state index in [0.717, 1.165) is 0 Å². The summed E-state index contributed by atoms with van der Waals surface area (Å²) in [5.41, 5.74) is -0.0681. The molecule has 5 nitrogen and oxygen atoms in total. The van der Waals surface area contributed by atoms with Gasteiger partial charge in [-0.2, -0.15) is 0 Å². The monoisotopic (exact) mass is 373 g/mol. The minimum atomic E-state index is -0.943. The highest BCUT2D eigenvalue weighted by Crippen LogP contribution is 2.34. The number of carbonyl (C=O) groups excluding carboxylic acids is 1. The lowest BCUT2D eigenvalue weighted by molar-refractivity contribution is 0.0975. The summed E-state index contributed by atoms with van der Waals surface area (Å²) < 4.78 is 14.5. The van der Waals surface area contributed by atoms with Crippen molar-refractivity contribution in [1.29, 1.82) is 0 Å². The summed E-state index contributed by atoms with van der Waals surface area (Å²) in [7, 11) is 0. The van der Waals surface area contributed by atoms with Crippen molar-refractivity contribution < 1.29 is 14.3 Å². The lowest BCUT2D eigenvalue weighted by Gasteiger charge is -2.36. The average molecular weight is 373 g/mol. The number of aliphatic hydroxyl groups excluding tert-OH is 1. The van der Waals surface area contributed by atoms with Gasteiger partial charge < -0.3 is 15.7 Å². The second-order valence-corrected chi connectivity index (χ2v) is 6.64. The van der Waals surface area contributed by atoms with Crippen LogP contribution in [0.25, 0.3) is 0 Å². The van der Waals surface area contributed by atoms with E-state index in [0.29, 0.717) is 24.2 Å². The molecule has 0 aromatic heterocycles. The van der Waals surface area contributed by atoms with Crippen LogP contribution < -0.4 is 16.0 Å². The second kappa shape index (κ2) is 7.90. The van der Waals surface area contributed by atoms with Crippen molar-refractivity contribution in [3.63, 3.8) is 0 Å². The normalized spacial score (nSPS) is 22.0. The summed E-state index contributed by atoms with van der Waals surface area (Å²) >= 11 is 5.31. The van der Waals surface area contributed by atoms with Gasteiger partial charge in [0.2, 0.25) is 0 Å². The Kier molecular flexibility index (Phi) is 5.61. The topological polar surface area (TPSA) is 73.4 Å². The number of thiocarbonyl (C=S) groups is 1. The molecule has 2 unspecified atom stereocenters. The van der Waals surface area contributed by atoms with E-state index in [9.17, 15) is 14.3 Å². The van der Waals surface area contributed by atoms with Gasteiger partial charge in [0.1, 0.15) is 5.82 Å². The molecule has 0 spiro atoms. The summed E-state index contributed by atoms with van der Waals surface area (Å²) in [4.78, 5) is 12.3. The third-order valence-electron chi connectivity index (χ3n) is 4.67. The van der Waals surface area contributed by atoms with Crippen LogP contribution in [0.2, 0.25) is 0 Å². The predicted molar refractivity (Wildman–Crippen MR) is 101 cm³/mol. The van der Waals surface area contributed by atoms with Crippen LogP contribution in [-0.2, 0) is 5.54 Å². The van der Waals surface area contributed by atoms with E-state index >= 15 is 0 Å². The maximum absolute atomic E-state index is 14.5. The molecule has 2 aromatic rings. The number of amides is 1. The minimum Gasteiger partial charge on any atom is -0.396 e. The van der Waals surface area contributed by atoms with Crippen LogP contribution in [0.15, 0.2) is 54.6 Å². The van der Waals surface area contributed by atoms with Crippen molar-refractivity contribution in [2.45, 2.75) is 5.54 Å². The van der Waals surface area contributed by atoms with Gasteiger partial charge in [0.25, 0.3) is 5.91 Å². The Bertz CT molecular complexity index is 802. The highest BCUT2D eigenvalue weighted by Gasteiger charge is 2.46. The molecular formula is C19H20FN3O2S. The van der Waals surface area contributed by atoms with Crippen molar-refractivity contribution in [3.05, 3.63) is 71.5 Å². The fourth-order valence-corrected chi connectivity index (χ4v) is 3.61. The Hall–Kier alpha value is -2.35. The molecule has 26 heavy (non-hydrogen) atoms. The van der Waals surface area contributed by atoms with E-state index < -0.39 is 5.54 Å². The SMILES string of the molecule is O=C(NC(=S)NC1(c2ccccc2F)CNCC1CO)c1ccccc1. The molecule has 7 heteroatoms. The highest BCUT2D eigenvalue weighted by atomic mass is 32.1. The molecule has 2 aromatic carbocycles. The molecule has 2 atom stereocenters. The predicted octanol–water partition coefficient (Wildman–Crippen LogP) is 1.54. The number of nitrogens with one attached hydrogen (secondary N) is 3. The van der Waals surface area contributed by atoms with Crippen LogP contribution in [-0.4, -0.2) is 35.8 Å². The zero-order valence-corrected chi connectivity index (χ0v) is 14.9. The van der Waals surface area contributed by atoms with Crippen molar-refractivity contribution in [1.82, 2.24) is 16.0 Å². The molecule has 3 rings (SSSR count). The van der Waals surface area contributed by atoms with Crippen LogP contribution >= 0.6 is 12.2 Å². The number of halogens is 1. The minimum absolute atomic E-state index is 0.0873. The first-order valence-corrected chi connectivity index (χ1v) is 8.73. The Balaban J connectivity index is 1.84. The summed E-state index contributed by atoms with van der Waals surface area (Å²) in [6, 6.07) is 15.1. The van der Waals surface area contributed by atoms with E-state index in [1.54, 1.807) is 42.5 Å². The molecule has 1 heterocycles. The fraction of sp³-hybridized carbons (Fsp3) is 0.263. The molecule has 0 bridgehead atoms. The summed E-state index contributed by atoms with van der Waals surface area (Å²) in [6.07, 6.45) is 0. The van der Waals surface area contributed by atoms with Crippen molar-refractivity contribution in [3.8, 4) is 0 Å². The van der Waals surface area contributed by atoms with Gasteiger partial charge in [0, 0.05) is 36.7 Å². The van der Waals surface area contributed by atoms with Gasteiger partial charge in [-0.25, -0.2) is 4.39 Å². The standard InChI is InChI=1S/C19H20FN3O2S/c20-16-9-5-4-8-15(16)19(12-21-10-14(19)11-24)23-18(26)22-17(25)13-6-2-1-3-7-13/h1-9,14,21,24H,10-12H2,(H2,22,23,25,26). The van der Waals surface area contributed by atoms with E-state index in [2.05, 4.69) is 16.0 Å². The molecule has 1 saturated heterocycles. The smallest absolute Gasteiger partial charge is 0.257 e. The number of carbonyl (C=O) groups is 1. The van der Waals surface area contributed by atoms with Crippen LogP contribution in [0, 0.1) is 11.7 Å². The first-order chi connectivity index (χ1) is 12.6. The molecule has 1 fully saturated rings. The molecule has 1 aliphatic heterocycles. The summed E-state index contributed by atoms with van der Waals surface area (Å²) in [6.45, 7) is 0.733. The molecule has 0 saturated carbocycles. The molecule has 0 radical (unpaired) electrons. The molecule has 4 N–H and O–H groups in total. The Morgan fingerprint density at radius 2 is 1.92 bits per heavy atom. The van der Waals surface area contributed by atoms with Gasteiger partial charge in [0.05, 0.1) is 5.54 Å². The molecule has 136 valence electrons. The Morgan fingerprint density at radius 3 is 2.62 bits per heavy atom. The highest BCUT2D eigenvalue weighted by molar-refractivity contribution is 7.80. The fourth-order valence-electron chi connectivity index (χ4n) is 3.33. The third kappa shape index (κ3) is 3.60. The lowest BCUT2D eigenvalue weighted by Crippen LogP contribution is -2.56. The largest absolute Gasteiger partial charge is 0.396 e. The first kappa shape index (κ1) is 18.4.